The molecule has 0 aromatic heterocycles. The van der Waals surface area contributed by atoms with Crippen molar-refractivity contribution < 1.29 is 5.11 Å². The lowest BCUT2D eigenvalue weighted by molar-refractivity contribution is 0.127. The first-order valence-electron chi connectivity index (χ1n) is 7.15. The Morgan fingerprint density at radius 1 is 1.11 bits per heavy atom. The maximum atomic E-state index is 9.80. The van der Waals surface area contributed by atoms with Gasteiger partial charge < -0.3 is 5.11 Å². The Kier molecular flexibility index (Phi) is 3.82. The van der Waals surface area contributed by atoms with Crippen LogP contribution in [0.5, 0.6) is 0 Å². The third kappa shape index (κ3) is 2.95. The summed E-state index contributed by atoms with van der Waals surface area (Å²) in [6.45, 7) is 8.93. The summed E-state index contributed by atoms with van der Waals surface area (Å²) in [5, 5.41) is 9.80. The van der Waals surface area contributed by atoms with Gasteiger partial charge >= 0.3 is 0 Å². The van der Waals surface area contributed by atoms with E-state index in [9.17, 15) is 5.11 Å². The van der Waals surface area contributed by atoms with Gasteiger partial charge in [-0.05, 0) is 47.6 Å². The van der Waals surface area contributed by atoms with Crippen LogP contribution in [0.25, 0.3) is 0 Å². The topological polar surface area (TPSA) is 20.2 Å². The average molecular weight is 246 g/mol. The molecule has 1 fully saturated rings. The van der Waals surface area contributed by atoms with E-state index in [1.165, 1.54) is 17.5 Å². The van der Waals surface area contributed by atoms with E-state index in [0.717, 1.165) is 12.8 Å². The Bertz CT molecular complexity index is 385. The average Bonchev–Trinajstić information content (AvgIpc) is 2.61. The number of hydrogen-bond donors (Lipinski definition) is 1. The van der Waals surface area contributed by atoms with Crippen LogP contribution in [0, 0.1) is 11.8 Å². The summed E-state index contributed by atoms with van der Waals surface area (Å²) >= 11 is 0. The maximum absolute atomic E-state index is 9.80. The molecule has 100 valence electrons. The summed E-state index contributed by atoms with van der Waals surface area (Å²) in [5.74, 6) is 1.10. The molecule has 0 aliphatic heterocycles. The second-order valence-electron chi connectivity index (χ2n) is 6.91. The minimum atomic E-state index is -0.0798. The highest BCUT2D eigenvalue weighted by Gasteiger charge is 2.31. The van der Waals surface area contributed by atoms with Crippen molar-refractivity contribution in [2.45, 2.75) is 58.5 Å². The fraction of sp³-hybridized carbons (Fsp3) is 0.647. The highest BCUT2D eigenvalue weighted by molar-refractivity contribution is 5.27. The van der Waals surface area contributed by atoms with Crippen molar-refractivity contribution in [1.82, 2.24) is 0 Å². The van der Waals surface area contributed by atoms with Crippen molar-refractivity contribution in [1.29, 1.82) is 0 Å². The summed E-state index contributed by atoms with van der Waals surface area (Å²) in [6.07, 6.45) is 3.18. The second kappa shape index (κ2) is 5.05. The van der Waals surface area contributed by atoms with E-state index in [0.29, 0.717) is 11.8 Å². The quantitative estimate of drug-likeness (QED) is 0.838. The molecule has 1 nitrogen and oxygen atoms in total. The van der Waals surface area contributed by atoms with E-state index in [4.69, 9.17) is 0 Å². The molecule has 1 aromatic carbocycles. The van der Waals surface area contributed by atoms with Gasteiger partial charge in [0, 0.05) is 0 Å². The van der Waals surface area contributed by atoms with E-state index in [2.05, 4.69) is 52.0 Å². The van der Waals surface area contributed by atoms with Crippen molar-refractivity contribution in [2.75, 3.05) is 0 Å². The lowest BCUT2D eigenvalue weighted by Crippen LogP contribution is -2.17. The van der Waals surface area contributed by atoms with Crippen LogP contribution < -0.4 is 0 Å². The van der Waals surface area contributed by atoms with Crippen LogP contribution in [0.3, 0.4) is 0 Å². The number of aliphatic hydroxyl groups excluding tert-OH is 1. The van der Waals surface area contributed by atoms with Gasteiger partial charge in [-0.25, -0.2) is 0 Å². The molecule has 1 saturated carbocycles. The van der Waals surface area contributed by atoms with E-state index < -0.39 is 0 Å². The molecule has 1 aromatic rings. The highest BCUT2D eigenvalue weighted by Crippen LogP contribution is 2.34. The Hall–Kier alpha value is -0.820. The van der Waals surface area contributed by atoms with Gasteiger partial charge in [-0.1, -0.05) is 52.0 Å². The molecule has 0 spiro atoms. The zero-order valence-electron chi connectivity index (χ0n) is 12.1. The van der Waals surface area contributed by atoms with Crippen LogP contribution in [-0.4, -0.2) is 11.2 Å². The minimum Gasteiger partial charge on any atom is -0.393 e. The summed E-state index contributed by atoms with van der Waals surface area (Å²) in [4.78, 5) is 0. The fourth-order valence-electron chi connectivity index (χ4n) is 2.96. The maximum Gasteiger partial charge on any atom is 0.0568 e. The molecule has 1 aliphatic rings. The Morgan fingerprint density at radius 2 is 1.72 bits per heavy atom. The monoisotopic (exact) mass is 246 g/mol. The molecular formula is C17H26O. The van der Waals surface area contributed by atoms with Crippen LogP contribution in [0.2, 0.25) is 0 Å². The molecule has 3 atom stereocenters. The minimum absolute atomic E-state index is 0.0798. The van der Waals surface area contributed by atoms with Crippen LogP contribution >= 0.6 is 0 Å². The van der Waals surface area contributed by atoms with Crippen LogP contribution in [0.4, 0.5) is 0 Å². The smallest absolute Gasteiger partial charge is 0.0568 e. The van der Waals surface area contributed by atoms with Crippen LogP contribution in [0.1, 0.15) is 51.7 Å². The van der Waals surface area contributed by atoms with E-state index >= 15 is 0 Å². The van der Waals surface area contributed by atoms with Gasteiger partial charge in [-0.2, -0.15) is 0 Å². The van der Waals surface area contributed by atoms with Gasteiger partial charge in [0.2, 0.25) is 0 Å². The molecule has 0 heterocycles. The van der Waals surface area contributed by atoms with Crippen molar-refractivity contribution in [2.24, 2.45) is 11.8 Å². The first kappa shape index (κ1) is 13.6. The molecular weight excluding hydrogens is 220 g/mol. The molecule has 18 heavy (non-hydrogen) atoms. The molecule has 2 rings (SSSR count). The zero-order valence-corrected chi connectivity index (χ0v) is 12.1. The summed E-state index contributed by atoms with van der Waals surface area (Å²) in [6, 6.07) is 9.03. The van der Waals surface area contributed by atoms with Gasteiger partial charge in [0.1, 0.15) is 0 Å². The third-order valence-electron chi connectivity index (χ3n) is 4.50. The molecule has 3 unspecified atom stereocenters. The Morgan fingerprint density at radius 3 is 2.17 bits per heavy atom. The van der Waals surface area contributed by atoms with Gasteiger partial charge in [0.25, 0.3) is 0 Å². The van der Waals surface area contributed by atoms with E-state index in [1.807, 2.05) is 0 Å². The zero-order chi connectivity index (χ0) is 13.3. The highest BCUT2D eigenvalue weighted by atomic mass is 16.3. The van der Waals surface area contributed by atoms with Crippen molar-refractivity contribution in [3.63, 3.8) is 0 Å². The first-order chi connectivity index (χ1) is 8.38. The van der Waals surface area contributed by atoms with Crippen molar-refractivity contribution in [3.05, 3.63) is 35.4 Å². The molecule has 0 bridgehead atoms. The Labute approximate surface area is 111 Å². The number of rotatable bonds is 2. The molecule has 1 aliphatic carbocycles. The fourth-order valence-corrected chi connectivity index (χ4v) is 2.96. The lowest BCUT2D eigenvalue weighted by Gasteiger charge is -2.20. The lowest BCUT2D eigenvalue weighted by atomic mass is 9.85. The standard InChI is InChI=1S/C17H26O/c1-12-14(7-10-16(12)18)11-13-5-8-15(9-6-13)17(2,3)4/h5-6,8-9,12,14,16,18H,7,10-11H2,1-4H3. The molecule has 0 amide bonds. The normalized spacial score (nSPS) is 28.6. The second-order valence-corrected chi connectivity index (χ2v) is 6.91. The van der Waals surface area contributed by atoms with Crippen LogP contribution in [0.15, 0.2) is 24.3 Å². The van der Waals surface area contributed by atoms with Crippen molar-refractivity contribution in [3.8, 4) is 0 Å². The number of aliphatic hydroxyl groups is 1. The van der Waals surface area contributed by atoms with Crippen molar-refractivity contribution >= 4 is 0 Å². The van der Waals surface area contributed by atoms with Gasteiger partial charge in [0.15, 0.2) is 0 Å². The molecule has 0 radical (unpaired) electrons. The predicted molar refractivity (Wildman–Crippen MR) is 76.7 cm³/mol. The van der Waals surface area contributed by atoms with Gasteiger partial charge in [-0.15, -0.1) is 0 Å². The number of hydrogen-bond acceptors (Lipinski definition) is 1. The SMILES string of the molecule is CC1C(O)CCC1Cc1ccc(C(C)(C)C)cc1. The van der Waals surface area contributed by atoms with Gasteiger partial charge in [-0.3, -0.25) is 0 Å². The van der Waals surface area contributed by atoms with E-state index in [1.54, 1.807) is 0 Å². The summed E-state index contributed by atoms with van der Waals surface area (Å²) in [5.41, 5.74) is 3.04. The largest absolute Gasteiger partial charge is 0.393 e. The molecule has 1 N–H and O–H groups in total. The van der Waals surface area contributed by atoms with Crippen LogP contribution in [-0.2, 0) is 11.8 Å². The van der Waals surface area contributed by atoms with Gasteiger partial charge in [0.05, 0.1) is 6.10 Å². The summed E-state index contributed by atoms with van der Waals surface area (Å²) in [7, 11) is 0. The van der Waals surface area contributed by atoms with E-state index in [-0.39, 0.29) is 11.5 Å². The Balaban J connectivity index is 2.03. The number of benzene rings is 1. The third-order valence-corrected chi connectivity index (χ3v) is 4.50. The molecule has 1 heteroatoms. The predicted octanol–water partition coefficient (Wildman–Crippen LogP) is 3.93. The molecule has 0 saturated heterocycles. The first-order valence-corrected chi connectivity index (χ1v) is 7.15. The summed E-state index contributed by atoms with van der Waals surface area (Å²) < 4.78 is 0.